The van der Waals surface area contributed by atoms with E-state index in [0.29, 0.717) is 35.9 Å². The molecule has 4 aromatic rings. The number of rotatable bonds is 7. The summed E-state index contributed by atoms with van der Waals surface area (Å²) in [6.45, 7) is 9.34. The second-order valence-electron chi connectivity index (χ2n) is 6.86. The highest BCUT2D eigenvalue weighted by molar-refractivity contribution is 7.16. The Morgan fingerprint density at radius 1 is 1.10 bits per heavy atom. The predicted molar refractivity (Wildman–Crippen MR) is 126 cm³/mol. The van der Waals surface area contributed by atoms with Crippen molar-refractivity contribution in [2.75, 3.05) is 13.2 Å². The number of fused-ring (bicyclic) bond motifs is 2. The summed E-state index contributed by atoms with van der Waals surface area (Å²) in [5.41, 5.74) is 1.47. The molecule has 0 aliphatic heterocycles. The van der Waals surface area contributed by atoms with E-state index in [1.807, 2.05) is 73.0 Å². The lowest BCUT2D eigenvalue weighted by molar-refractivity contribution is 0.0996. The Balaban J connectivity index is 1.90. The molecular formula is C25H24N2O3S. The summed E-state index contributed by atoms with van der Waals surface area (Å²) in [4.78, 5) is 18.6. The van der Waals surface area contributed by atoms with Crippen LogP contribution in [0.1, 0.15) is 24.2 Å². The van der Waals surface area contributed by atoms with E-state index >= 15 is 0 Å². The van der Waals surface area contributed by atoms with Crippen molar-refractivity contribution < 1.29 is 14.3 Å². The van der Waals surface area contributed by atoms with E-state index in [0.717, 1.165) is 26.7 Å². The van der Waals surface area contributed by atoms with Crippen LogP contribution in [-0.4, -0.2) is 23.7 Å². The molecule has 0 saturated carbocycles. The Morgan fingerprint density at radius 3 is 2.68 bits per heavy atom. The maximum absolute atomic E-state index is 13.4. The van der Waals surface area contributed by atoms with Gasteiger partial charge in [0.2, 0.25) is 0 Å². The molecule has 6 heteroatoms. The number of carbonyl (C=O) groups is 1. The standard InChI is InChI=1S/C25H24N2O3S/c1-4-15-27-20-13-12-18(29-5-2)16-22(20)31-25(27)26-24(28)23-19-10-8-7-9-17(19)11-14-21(23)30-6-3/h4,7-14,16H,1,5-6,15H2,2-3H3. The molecule has 4 rings (SSSR count). The first kappa shape index (κ1) is 20.9. The molecule has 158 valence electrons. The Labute approximate surface area is 184 Å². The average Bonchev–Trinajstić information content (AvgIpc) is 3.10. The maximum Gasteiger partial charge on any atom is 0.284 e. The number of hydrogen-bond acceptors (Lipinski definition) is 4. The van der Waals surface area contributed by atoms with Gasteiger partial charge in [-0.1, -0.05) is 47.7 Å². The summed E-state index contributed by atoms with van der Waals surface area (Å²) in [6, 6.07) is 17.5. The zero-order valence-electron chi connectivity index (χ0n) is 17.6. The van der Waals surface area contributed by atoms with E-state index in [9.17, 15) is 4.79 Å². The number of ether oxygens (including phenoxy) is 2. The fourth-order valence-corrected chi connectivity index (χ4v) is 4.66. The number of nitrogens with zero attached hydrogens (tertiary/aromatic N) is 2. The van der Waals surface area contributed by atoms with Gasteiger partial charge in [0.1, 0.15) is 11.5 Å². The van der Waals surface area contributed by atoms with E-state index < -0.39 is 0 Å². The van der Waals surface area contributed by atoms with Gasteiger partial charge in [-0.3, -0.25) is 4.79 Å². The lowest BCUT2D eigenvalue weighted by Crippen LogP contribution is -2.16. The van der Waals surface area contributed by atoms with Crippen molar-refractivity contribution in [3.05, 3.63) is 77.6 Å². The lowest BCUT2D eigenvalue weighted by atomic mass is 10.0. The molecule has 0 fully saturated rings. The molecule has 0 aliphatic rings. The molecule has 1 aromatic heterocycles. The molecule has 0 N–H and O–H groups in total. The van der Waals surface area contributed by atoms with Crippen LogP contribution in [0.3, 0.4) is 0 Å². The van der Waals surface area contributed by atoms with Gasteiger partial charge in [0.15, 0.2) is 4.80 Å². The monoisotopic (exact) mass is 432 g/mol. The van der Waals surface area contributed by atoms with Gasteiger partial charge in [-0.15, -0.1) is 6.58 Å². The summed E-state index contributed by atoms with van der Waals surface area (Å²) in [6.07, 6.45) is 1.80. The van der Waals surface area contributed by atoms with Crippen molar-refractivity contribution in [1.82, 2.24) is 4.57 Å². The van der Waals surface area contributed by atoms with Crippen molar-refractivity contribution in [1.29, 1.82) is 0 Å². The first-order valence-electron chi connectivity index (χ1n) is 10.3. The van der Waals surface area contributed by atoms with Crippen LogP contribution in [0.5, 0.6) is 11.5 Å². The molecule has 0 unspecified atom stereocenters. The van der Waals surface area contributed by atoms with Gasteiger partial charge in [0.25, 0.3) is 5.91 Å². The Morgan fingerprint density at radius 2 is 1.90 bits per heavy atom. The Kier molecular flexibility index (Phi) is 6.18. The predicted octanol–water partition coefficient (Wildman–Crippen LogP) is 5.58. The van der Waals surface area contributed by atoms with Crippen molar-refractivity contribution >= 4 is 38.2 Å². The highest BCUT2D eigenvalue weighted by Crippen LogP contribution is 2.29. The number of allylic oxidation sites excluding steroid dienone is 1. The smallest absolute Gasteiger partial charge is 0.284 e. The largest absolute Gasteiger partial charge is 0.494 e. The van der Waals surface area contributed by atoms with E-state index in [2.05, 4.69) is 11.6 Å². The zero-order chi connectivity index (χ0) is 21.8. The number of benzene rings is 3. The van der Waals surface area contributed by atoms with Crippen molar-refractivity contribution in [3.63, 3.8) is 0 Å². The third-order valence-corrected chi connectivity index (χ3v) is 5.92. The number of thiazole rings is 1. The zero-order valence-corrected chi connectivity index (χ0v) is 18.4. The molecule has 1 heterocycles. The second-order valence-corrected chi connectivity index (χ2v) is 7.87. The van der Waals surface area contributed by atoms with Gasteiger partial charge in [-0.25, -0.2) is 0 Å². The third kappa shape index (κ3) is 4.11. The van der Waals surface area contributed by atoms with Gasteiger partial charge in [-0.2, -0.15) is 4.99 Å². The summed E-state index contributed by atoms with van der Waals surface area (Å²) in [5, 5.41) is 1.80. The fraction of sp³-hybridized carbons (Fsp3) is 0.200. The normalized spacial score (nSPS) is 11.7. The maximum atomic E-state index is 13.4. The van der Waals surface area contributed by atoms with Gasteiger partial charge >= 0.3 is 0 Å². The van der Waals surface area contributed by atoms with Crippen LogP contribution in [0.15, 0.2) is 72.2 Å². The fourth-order valence-electron chi connectivity index (χ4n) is 3.59. The molecule has 31 heavy (non-hydrogen) atoms. The summed E-state index contributed by atoms with van der Waals surface area (Å²) in [5.74, 6) is 1.02. The van der Waals surface area contributed by atoms with Crippen LogP contribution in [0.4, 0.5) is 0 Å². The highest BCUT2D eigenvalue weighted by atomic mass is 32.1. The quantitative estimate of drug-likeness (QED) is 0.358. The van der Waals surface area contributed by atoms with Crippen molar-refractivity contribution in [3.8, 4) is 11.5 Å². The summed E-state index contributed by atoms with van der Waals surface area (Å²) < 4.78 is 14.4. The number of aromatic nitrogens is 1. The van der Waals surface area contributed by atoms with Crippen LogP contribution >= 0.6 is 11.3 Å². The SMILES string of the molecule is C=CCn1c(=NC(=O)c2c(OCC)ccc3ccccc23)sc2cc(OCC)ccc21. The molecular weight excluding hydrogens is 408 g/mol. The van der Waals surface area contributed by atoms with Crippen molar-refractivity contribution in [2.24, 2.45) is 4.99 Å². The average molecular weight is 433 g/mol. The Bertz CT molecular complexity index is 1330. The molecule has 0 radical (unpaired) electrons. The second kappa shape index (κ2) is 9.18. The number of amides is 1. The summed E-state index contributed by atoms with van der Waals surface area (Å²) >= 11 is 1.46. The highest BCUT2D eigenvalue weighted by Gasteiger charge is 2.17. The van der Waals surface area contributed by atoms with Crippen LogP contribution in [0.25, 0.3) is 21.0 Å². The molecule has 0 bridgehead atoms. The molecule has 3 aromatic carbocycles. The molecule has 0 spiro atoms. The van der Waals surface area contributed by atoms with Crippen molar-refractivity contribution in [2.45, 2.75) is 20.4 Å². The molecule has 0 atom stereocenters. The third-order valence-electron chi connectivity index (χ3n) is 4.88. The molecule has 0 saturated heterocycles. The van der Waals surface area contributed by atoms with E-state index in [1.165, 1.54) is 11.3 Å². The first-order chi connectivity index (χ1) is 15.2. The minimum atomic E-state index is -0.324. The van der Waals surface area contributed by atoms with Gasteiger partial charge in [0.05, 0.1) is 29.0 Å². The van der Waals surface area contributed by atoms with E-state index in [1.54, 1.807) is 6.08 Å². The van der Waals surface area contributed by atoms with Gasteiger partial charge in [-0.05, 0) is 48.9 Å². The molecule has 5 nitrogen and oxygen atoms in total. The van der Waals surface area contributed by atoms with E-state index in [4.69, 9.17) is 9.47 Å². The molecule has 0 aliphatic carbocycles. The number of hydrogen-bond donors (Lipinski definition) is 0. The van der Waals surface area contributed by atoms with Crippen LogP contribution in [0.2, 0.25) is 0 Å². The van der Waals surface area contributed by atoms with Crippen LogP contribution < -0.4 is 14.3 Å². The number of carbonyl (C=O) groups excluding carboxylic acids is 1. The minimum absolute atomic E-state index is 0.324. The lowest BCUT2D eigenvalue weighted by Gasteiger charge is -2.10. The minimum Gasteiger partial charge on any atom is -0.494 e. The van der Waals surface area contributed by atoms with Crippen LogP contribution in [0, 0.1) is 0 Å². The van der Waals surface area contributed by atoms with Gasteiger partial charge < -0.3 is 14.0 Å². The topological polar surface area (TPSA) is 52.8 Å². The first-order valence-corrected chi connectivity index (χ1v) is 11.1. The van der Waals surface area contributed by atoms with E-state index in [-0.39, 0.29) is 5.91 Å². The summed E-state index contributed by atoms with van der Waals surface area (Å²) in [7, 11) is 0. The Hall–Kier alpha value is -3.38. The van der Waals surface area contributed by atoms with Crippen LogP contribution in [-0.2, 0) is 6.54 Å². The molecule has 1 amide bonds. The van der Waals surface area contributed by atoms with Gasteiger partial charge in [0, 0.05) is 6.54 Å².